The van der Waals surface area contributed by atoms with E-state index in [0.29, 0.717) is 12.2 Å². The second-order valence-electron chi connectivity index (χ2n) is 6.40. The zero-order valence-electron chi connectivity index (χ0n) is 12.2. The van der Waals surface area contributed by atoms with E-state index >= 15 is 0 Å². The van der Waals surface area contributed by atoms with Crippen LogP contribution in [-0.4, -0.2) is 38.3 Å². The molecule has 1 amide bonds. The summed E-state index contributed by atoms with van der Waals surface area (Å²) in [5.74, 6) is 0.233. The number of nitrogens with one attached hydrogen (secondary N) is 1. The van der Waals surface area contributed by atoms with Gasteiger partial charge in [0, 0.05) is 12.6 Å². The Morgan fingerprint density at radius 1 is 1.48 bits per heavy atom. The van der Waals surface area contributed by atoms with Crippen LogP contribution >= 0.6 is 0 Å². The summed E-state index contributed by atoms with van der Waals surface area (Å²) in [6, 6.07) is 3.02. The second-order valence-corrected chi connectivity index (χ2v) is 6.40. The molecule has 6 nitrogen and oxygen atoms in total. The number of carbonyl (C=O) groups excluding carboxylic acids is 1. The molecule has 0 radical (unpaired) electrons. The standard InChI is InChI=1S/C15H21N3O3/c1-15(21,10-4-5-10)9-14(20)18-8-2-3-12(18)11-6-7-13(19)17-16-11/h6-7,10,12,21H,2-5,8-9H2,1H3,(H,17,19). The highest BCUT2D eigenvalue weighted by atomic mass is 16.3. The number of aromatic amines is 1. The van der Waals surface area contributed by atoms with E-state index in [4.69, 9.17) is 0 Å². The third-order valence-corrected chi connectivity index (χ3v) is 4.58. The number of H-pyrrole nitrogens is 1. The van der Waals surface area contributed by atoms with Crippen LogP contribution in [0.15, 0.2) is 16.9 Å². The fraction of sp³-hybridized carbons (Fsp3) is 0.667. The molecule has 1 saturated heterocycles. The average molecular weight is 291 g/mol. The molecule has 0 bridgehead atoms. The molecule has 1 aliphatic carbocycles. The number of hydrogen-bond donors (Lipinski definition) is 2. The number of hydrogen-bond acceptors (Lipinski definition) is 4. The maximum absolute atomic E-state index is 12.5. The number of aromatic nitrogens is 2. The molecule has 1 aromatic rings. The Balaban J connectivity index is 1.72. The number of amides is 1. The van der Waals surface area contributed by atoms with E-state index in [1.165, 1.54) is 6.07 Å². The van der Waals surface area contributed by atoms with Crippen LogP contribution in [0.4, 0.5) is 0 Å². The lowest BCUT2D eigenvalue weighted by Crippen LogP contribution is -2.39. The summed E-state index contributed by atoms with van der Waals surface area (Å²) in [6.07, 6.45) is 3.94. The van der Waals surface area contributed by atoms with Crippen LogP contribution in [0.2, 0.25) is 0 Å². The molecule has 2 unspecified atom stereocenters. The fourth-order valence-corrected chi connectivity index (χ4v) is 3.17. The van der Waals surface area contributed by atoms with Crippen molar-refractivity contribution in [3.8, 4) is 0 Å². The van der Waals surface area contributed by atoms with Gasteiger partial charge < -0.3 is 10.0 Å². The zero-order chi connectivity index (χ0) is 15.0. The fourth-order valence-electron chi connectivity index (χ4n) is 3.17. The van der Waals surface area contributed by atoms with Gasteiger partial charge in [0.1, 0.15) is 0 Å². The number of likely N-dealkylation sites (tertiary alicyclic amines) is 1. The molecule has 2 atom stereocenters. The van der Waals surface area contributed by atoms with Crippen molar-refractivity contribution >= 4 is 5.91 Å². The smallest absolute Gasteiger partial charge is 0.264 e. The summed E-state index contributed by atoms with van der Waals surface area (Å²) in [6.45, 7) is 2.44. The summed E-state index contributed by atoms with van der Waals surface area (Å²) < 4.78 is 0. The van der Waals surface area contributed by atoms with E-state index in [1.807, 2.05) is 0 Å². The van der Waals surface area contributed by atoms with Crippen LogP contribution in [0.5, 0.6) is 0 Å². The molecule has 1 saturated carbocycles. The Morgan fingerprint density at radius 3 is 2.86 bits per heavy atom. The molecule has 1 aromatic heterocycles. The predicted octanol–water partition coefficient (Wildman–Crippen LogP) is 0.984. The third-order valence-electron chi connectivity index (χ3n) is 4.58. The van der Waals surface area contributed by atoms with Crippen molar-refractivity contribution in [1.29, 1.82) is 0 Å². The largest absolute Gasteiger partial charge is 0.389 e. The molecule has 2 heterocycles. The highest BCUT2D eigenvalue weighted by Crippen LogP contribution is 2.42. The number of aliphatic hydroxyl groups is 1. The molecule has 6 heteroatoms. The van der Waals surface area contributed by atoms with Crippen molar-refractivity contribution in [2.75, 3.05) is 6.54 Å². The maximum atomic E-state index is 12.5. The second kappa shape index (κ2) is 5.26. The van der Waals surface area contributed by atoms with Crippen LogP contribution in [0, 0.1) is 5.92 Å². The molecule has 2 aliphatic rings. The quantitative estimate of drug-likeness (QED) is 0.866. The normalized spacial score (nSPS) is 24.9. The first-order valence-corrected chi connectivity index (χ1v) is 7.55. The van der Waals surface area contributed by atoms with Crippen molar-refractivity contribution < 1.29 is 9.90 Å². The zero-order valence-corrected chi connectivity index (χ0v) is 12.2. The molecule has 21 heavy (non-hydrogen) atoms. The first-order valence-electron chi connectivity index (χ1n) is 7.55. The number of rotatable bonds is 4. The van der Waals surface area contributed by atoms with Crippen molar-refractivity contribution in [2.24, 2.45) is 5.92 Å². The first kappa shape index (κ1) is 14.3. The SMILES string of the molecule is CC(O)(CC(=O)N1CCCC1c1ccc(=O)[nH]n1)C1CC1. The Bertz CT molecular complexity index is 572. The lowest BCUT2D eigenvalue weighted by atomic mass is 9.95. The minimum Gasteiger partial charge on any atom is -0.389 e. The third kappa shape index (κ3) is 3.00. The van der Waals surface area contributed by atoms with Gasteiger partial charge in [0.2, 0.25) is 5.91 Å². The van der Waals surface area contributed by atoms with Crippen molar-refractivity contribution in [2.45, 2.75) is 50.7 Å². The molecule has 3 rings (SSSR count). The molecule has 2 fully saturated rings. The molecular weight excluding hydrogens is 270 g/mol. The Hall–Kier alpha value is -1.69. The number of carbonyl (C=O) groups is 1. The lowest BCUT2D eigenvalue weighted by molar-refractivity contribution is -0.137. The molecular formula is C15H21N3O3. The van der Waals surface area contributed by atoms with Gasteiger partial charge >= 0.3 is 0 Å². The predicted molar refractivity (Wildman–Crippen MR) is 76.5 cm³/mol. The van der Waals surface area contributed by atoms with Crippen LogP contribution < -0.4 is 5.56 Å². The minimum absolute atomic E-state index is 0.0256. The van der Waals surface area contributed by atoms with E-state index in [-0.39, 0.29) is 29.8 Å². The number of nitrogens with zero attached hydrogens (tertiary/aromatic N) is 2. The van der Waals surface area contributed by atoms with Crippen molar-refractivity contribution in [3.05, 3.63) is 28.2 Å². The van der Waals surface area contributed by atoms with E-state index in [2.05, 4.69) is 10.2 Å². The van der Waals surface area contributed by atoms with E-state index in [0.717, 1.165) is 25.7 Å². The maximum Gasteiger partial charge on any atom is 0.264 e. The summed E-state index contributed by atoms with van der Waals surface area (Å²) in [7, 11) is 0. The topological polar surface area (TPSA) is 86.3 Å². The molecule has 0 aromatic carbocycles. The monoisotopic (exact) mass is 291 g/mol. The highest BCUT2D eigenvalue weighted by Gasteiger charge is 2.43. The minimum atomic E-state index is -0.900. The Morgan fingerprint density at radius 2 is 2.24 bits per heavy atom. The molecule has 114 valence electrons. The van der Waals surface area contributed by atoms with Gasteiger partial charge in [-0.15, -0.1) is 0 Å². The van der Waals surface area contributed by atoms with Gasteiger partial charge in [-0.25, -0.2) is 5.10 Å². The van der Waals surface area contributed by atoms with Gasteiger partial charge in [-0.1, -0.05) is 0 Å². The van der Waals surface area contributed by atoms with Gasteiger partial charge in [-0.3, -0.25) is 9.59 Å². The summed E-state index contributed by atoms with van der Waals surface area (Å²) >= 11 is 0. The average Bonchev–Trinajstić information content (AvgIpc) is 3.18. The van der Waals surface area contributed by atoms with Gasteiger partial charge in [-0.05, 0) is 44.6 Å². The van der Waals surface area contributed by atoms with Gasteiger partial charge in [0.05, 0.1) is 23.8 Å². The highest BCUT2D eigenvalue weighted by molar-refractivity contribution is 5.78. The van der Waals surface area contributed by atoms with Crippen LogP contribution in [0.3, 0.4) is 0 Å². The van der Waals surface area contributed by atoms with Crippen LogP contribution in [0.1, 0.15) is 50.8 Å². The summed E-state index contributed by atoms with van der Waals surface area (Å²) in [5.41, 5.74) is -0.430. The summed E-state index contributed by atoms with van der Waals surface area (Å²) in [4.78, 5) is 25.4. The van der Waals surface area contributed by atoms with Gasteiger partial charge in [0.15, 0.2) is 0 Å². The van der Waals surface area contributed by atoms with E-state index in [9.17, 15) is 14.7 Å². The van der Waals surface area contributed by atoms with E-state index in [1.54, 1.807) is 17.9 Å². The Kier molecular flexibility index (Phi) is 3.57. The van der Waals surface area contributed by atoms with Crippen molar-refractivity contribution in [1.82, 2.24) is 15.1 Å². The molecule has 2 N–H and O–H groups in total. The molecule has 0 spiro atoms. The lowest BCUT2D eigenvalue weighted by Gasteiger charge is -2.29. The first-order chi connectivity index (χ1) is 9.97. The van der Waals surface area contributed by atoms with Crippen molar-refractivity contribution in [3.63, 3.8) is 0 Å². The van der Waals surface area contributed by atoms with Gasteiger partial charge in [-0.2, -0.15) is 5.10 Å². The van der Waals surface area contributed by atoms with Gasteiger partial charge in [0.25, 0.3) is 5.56 Å². The summed E-state index contributed by atoms with van der Waals surface area (Å²) in [5, 5.41) is 16.8. The molecule has 1 aliphatic heterocycles. The van der Waals surface area contributed by atoms with Crippen LogP contribution in [-0.2, 0) is 4.79 Å². The van der Waals surface area contributed by atoms with Crippen LogP contribution in [0.25, 0.3) is 0 Å². The Labute approximate surface area is 123 Å². The van der Waals surface area contributed by atoms with E-state index < -0.39 is 5.60 Å².